The van der Waals surface area contributed by atoms with Crippen LogP contribution in [0.2, 0.25) is 0 Å². The molecule has 2 heteroatoms. The number of fused-ring (bicyclic) bond motifs is 3. The van der Waals surface area contributed by atoms with Crippen LogP contribution >= 0.6 is 0 Å². The van der Waals surface area contributed by atoms with Crippen molar-refractivity contribution in [1.29, 1.82) is 0 Å². The Hall–Kier alpha value is -1.28. The monoisotopic (exact) mass is 228 g/mol. The Bertz CT molecular complexity index is 454. The van der Waals surface area contributed by atoms with E-state index in [2.05, 4.69) is 60.8 Å². The summed E-state index contributed by atoms with van der Waals surface area (Å²) < 4.78 is 0. The maximum absolute atomic E-state index is 3.97. The molecule has 1 aromatic rings. The first-order chi connectivity index (χ1) is 8.20. The smallest absolute Gasteiger partial charge is 0.0917 e. The maximum atomic E-state index is 3.97. The molecule has 0 radical (unpaired) electrons. The zero-order chi connectivity index (χ0) is 12.0. The first-order valence-electron chi connectivity index (χ1n) is 6.34. The van der Waals surface area contributed by atoms with Crippen LogP contribution in [-0.2, 0) is 5.41 Å². The zero-order valence-corrected chi connectivity index (χ0v) is 10.7. The van der Waals surface area contributed by atoms with E-state index in [1.807, 2.05) is 0 Å². The van der Waals surface area contributed by atoms with Gasteiger partial charge in [0.2, 0.25) is 0 Å². The zero-order valence-electron chi connectivity index (χ0n) is 10.7. The van der Waals surface area contributed by atoms with Gasteiger partial charge in [-0.25, -0.2) is 0 Å². The van der Waals surface area contributed by atoms with Crippen LogP contribution in [0.4, 0.5) is 5.69 Å². The number of anilines is 1. The molecular formula is C15H20N2. The predicted molar refractivity (Wildman–Crippen MR) is 72.4 cm³/mol. The minimum atomic E-state index is 0.266. The molecule has 0 bridgehead atoms. The Morgan fingerprint density at radius 3 is 2.94 bits per heavy atom. The summed E-state index contributed by atoms with van der Waals surface area (Å²) in [5, 5.41) is 0. The van der Waals surface area contributed by atoms with Gasteiger partial charge in [-0.2, -0.15) is 0 Å². The van der Waals surface area contributed by atoms with Crippen molar-refractivity contribution >= 4 is 5.69 Å². The third kappa shape index (κ3) is 1.25. The molecule has 1 saturated heterocycles. The molecule has 2 heterocycles. The van der Waals surface area contributed by atoms with Crippen LogP contribution in [0.5, 0.6) is 0 Å². The van der Waals surface area contributed by atoms with E-state index in [0.29, 0.717) is 6.17 Å². The molecule has 1 aromatic carbocycles. The highest BCUT2D eigenvalue weighted by atomic mass is 15.4. The maximum Gasteiger partial charge on any atom is 0.0917 e. The lowest BCUT2D eigenvalue weighted by atomic mass is 9.76. The van der Waals surface area contributed by atoms with E-state index in [-0.39, 0.29) is 5.41 Å². The average Bonchev–Trinajstić information content (AvgIpc) is 2.78. The molecule has 0 spiro atoms. The van der Waals surface area contributed by atoms with Gasteiger partial charge in [-0.15, -0.1) is 6.58 Å². The second-order valence-electron chi connectivity index (χ2n) is 5.38. The number of benzene rings is 1. The van der Waals surface area contributed by atoms with E-state index in [0.717, 1.165) is 6.42 Å². The number of para-hydroxylation sites is 1. The van der Waals surface area contributed by atoms with Crippen LogP contribution in [-0.4, -0.2) is 31.7 Å². The van der Waals surface area contributed by atoms with Gasteiger partial charge in [-0.3, -0.25) is 4.90 Å². The number of likely N-dealkylation sites (N-methyl/N-ethyl adjacent to an activating group) is 2. The van der Waals surface area contributed by atoms with Gasteiger partial charge >= 0.3 is 0 Å². The molecule has 17 heavy (non-hydrogen) atoms. The van der Waals surface area contributed by atoms with Gasteiger partial charge in [0.05, 0.1) is 6.17 Å². The summed E-state index contributed by atoms with van der Waals surface area (Å²) in [6.07, 6.45) is 4.89. The Labute approximate surface area is 104 Å². The van der Waals surface area contributed by atoms with E-state index in [9.17, 15) is 0 Å². The summed E-state index contributed by atoms with van der Waals surface area (Å²) in [6, 6.07) is 8.84. The Morgan fingerprint density at radius 2 is 2.18 bits per heavy atom. The fraction of sp³-hybridized carbons (Fsp3) is 0.467. The largest absolute Gasteiger partial charge is 0.358 e. The van der Waals surface area contributed by atoms with E-state index in [1.54, 1.807) is 0 Å². The Balaban J connectivity index is 2.18. The van der Waals surface area contributed by atoms with E-state index in [4.69, 9.17) is 0 Å². The van der Waals surface area contributed by atoms with Crippen molar-refractivity contribution in [3.05, 3.63) is 42.5 Å². The fourth-order valence-corrected chi connectivity index (χ4v) is 3.90. The van der Waals surface area contributed by atoms with Crippen LogP contribution < -0.4 is 4.90 Å². The first-order valence-corrected chi connectivity index (χ1v) is 6.34. The van der Waals surface area contributed by atoms with Crippen molar-refractivity contribution in [1.82, 2.24) is 4.90 Å². The highest BCUT2D eigenvalue weighted by Gasteiger charge is 2.54. The quantitative estimate of drug-likeness (QED) is 0.718. The van der Waals surface area contributed by atoms with Crippen molar-refractivity contribution in [2.45, 2.75) is 24.4 Å². The SMILES string of the molecule is C=CC[C@@]12CCN(C)[C@H]1N(C)c1ccccc12. The fourth-order valence-electron chi connectivity index (χ4n) is 3.90. The lowest BCUT2D eigenvalue weighted by Gasteiger charge is -2.34. The molecule has 0 saturated carbocycles. The van der Waals surface area contributed by atoms with Gasteiger partial charge in [-0.05, 0) is 31.5 Å². The van der Waals surface area contributed by atoms with Gasteiger partial charge in [-0.1, -0.05) is 24.3 Å². The molecule has 3 rings (SSSR count). The number of hydrogen-bond donors (Lipinski definition) is 0. The van der Waals surface area contributed by atoms with Crippen molar-refractivity contribution in [2.24, 2.45) is 0 Å². The number of hydrogen-bond acceptors (Lipinski definition) is 2. The van der Waals surface area contributed by atoms with Crippen LogP contribution in [0.15, 0.2) is 36.9 Å². The molecule has 90 valence electrons. The molecule has 2 nitrogen and oxygen atoms in total. The highest BCUT2D eigenvalue weighted by Crippen LogP contribution is 2.52. The predicted octanol–water partition coefficient (Wildman–Crippen LogP) is 2.61. The summed E-state index contributed by atoms with van der Waals surface area (Å²) in [7, 11) is 4.45. The van der Waals surface area contributed by atoms with Crippen molar-refractivity contribution in [3.63, 3.8) is 0 Å². The summed E-state index contributed by atoms with van der Waals surface area (Å²) >= 11 is 0. The van der Waals surface area contributed by atoms with E-state index < -0.39 is 0 Å². The molecule has 0 aliphatic carbocycles. The molecule has 0 aromatic heterocycles. The molecule has 2 aliphatic heterocycles. The molecule has 0 unspecified atom stereocenters. The number of likely N-dealkylation sites (tertiary alicyclic amines) is 1. The lowest BCUT2D eigenvalue weighted by molar-refractivity contribution is 0.258. The number of nitrogens with zero attached hydrogens (tertiary/aromatic N) is 2. The Morgan fingerprint density at radius 1 is 1.41 bits per heavy atom. The van der Waals surface area contributed by atoms with E-state index >= 15 is 0 Å². The van der Waals surface area contributed by atoms with Crippen molar-refractivity contribution in [3.8, 4) is 0 Å². The third-order valence-electron chi connectivity index (χ3n) is 4.52. The molecule has 0 N–H and O–H groups in total. The molecule has 2 atom stereocenters. The van der Waals surface area contributed by atoms with E-state index in [1.165, 1.54) is 24.2 Å². The molecule has 2 aliphatic rings. The second kappa shape index (κ2) is 3.61. The molecular weight excluding hydrogens is 208 g/mol. The summed E-state index contributed by atoms with van der Waals surface area (Å²) in [6.45, 7) is 5.14. The van der Waals surface area contributed by atoms with Crippen molar-refractivity contribution < 1.29 is 0 Å². The van der Waals surface area contributed by atoms with Gasteiger partial charge in [0.1, 0.15) is 0 Å². The minimum Gasteiger partial charge on any atom is -0.358 e. The van der Waals surface area contributed by atoms with Crippen molar-refractivity contribution in [2.75, 3.05) is 25.5 Å². The number of rotatable bonds is 2. The molecule has 1 fully saturated rings. The minimum absolute atomic E-state index is 0.266. The average molecular weight is 228 g/mol. The van der Waals surface area contributed by atoms with Gasteiger partial charge in [0.15, 0.2) is 0 Å². The van der Waals surface area contributed by atoms with Gasteiger partial charge in [0, 0.05) is 24.7 Å². The topological polar surface area (TPSA) is 6.48 Å². The normalized spacial score (nSPS) is 31.4. The Kier molecular flexibility index (Phi) is 2.30. The second-order valence-corrected chi connectivity index (χ2v) is 5.38. The van der Waals surface area contributed by atoms with Crippen LogP contribution in [0.1, 0.15) is 18.4 Å². The van der Waals surface area contributed by atoms with Gasteiger partial charge < -0.3 is 4.90 Å². The molecule has 0 amide bonds. The first kappa shape index (κ1) is 10.8. The third-order valence-corrected chi connectivity index (χ3v) is 4.52. The van der Waals surface area contributed by atoms with Crippen LogP contribution in [0, 0.1) is 0 Å². The van der Waals surface area contributed by atoms with Crippen LogP contribution in [0.3, 0.4) is 0 Å². The summed E-state index contributed by atoms with van der Waals surface area (Å²) in [5.74, 6) is 0. The van der Waals surface area contributed by atoms with Gasteiger partial charge in [0.25, 0.3) is 0 Å². The highest BCUT2D eigenvalue weighted by molar-refractivity contribution is 5.64. The summed E-state index contributed by atoms with van der Waals surface area (Å²) in [4.78, 5) is 4.91. The number of allylic oxidation sites excluding steroid dienone is 1. The lowest BCUT2D eigenvalue weighted by Crippen LogP contribution is -2.46. The van der Waals surface area contributed by atoms with Crippen LogP contribution in [0.25, 0.3) is 0 Å². The summed E-state index contributed by atoms with van der Waals surface area (Å²) in [5.41, 5.74) is 3.17. The standard InChI is InChI=1S/C15H20N2/c1-4-9-15-10-11-16(2)14(15)17(3)13-8-6-5-7-12(13)15/h4-8,14H,1,9-11H2,2-3H3/t14-,15-/m0/s1.